The molecule has 0 amide bonds. The van der Waals surface area contributed by atoms with Gasteiger partial charge in [-0.25, -0.2) is 0 Å². The molecule has 5 heteroatoms. The van der Waals surface area contributed by atoms with Gasteiger partial charge < -0.3 is 15.7 Å². The van der Waals surface area contributed by atoms with Gasteiger partial charge in [0.15, 0.2) is 5.96 Å². The molecule has 0 aliphatic heterocycles. The molecule has 0 saturated carbocycles. The number of aliphatic imine (C=N–C) groups is 1. The minimum absolute atomic E-state index is 0.413. The summed E-state index contributed by atoms with van der Waals surface area (Å²) in [6, 6.07) is 7.86. The first kappa shape index (κ1) is 18.8. The molecule has 0 unspecified atom stereocenters. The van der Waals surface area contributed by atoms with Gasteiger partial charge in [0.1, 0.15) is 0 Å². The molecule has 1 rings (SSSR count). The van der Waals surface area contributed by atoms with E-state index in [2.05, 4.69) is 15.6 Å². The third-order valence-electron chi connectivity index (χ3n) is 3.81. The highest BCUT2D eigenvalue weighted by molar-refractivity contribution is 6.30. The van der Waals surface area contributed by atoms with E-state index in [9.17, 15) is 5.11 Å². The Morgan fingerprint density at radius 3 is 2.32 bits per heavy atom. The summed E-state index contributed by atoms with van der Waals surface area (Å²) >= 11 is 5.88. The van der Waals surface area contributed by atoms with Gasteiger partial charge in [-0.1, -0.05) is 37.6 Å². The van der Waals surface area contributed by atoms with Crippen molar-refractivity contribution < 1.29 is 5.11 Å². The third-order valence-corrected chi connectivity index (χ3v) is 4.06. The SMILES string of the molecule is CCNC(=NCC(O)(CC)CC)NCCc1ccc(Cl)cc1. The second kappa shape index (κ2) is 9.70. The van der Waals surface area contributed by atoms with Crippen molar-refractivity contribution in [3.05, 3.63) is 34.9 Å². The van der Waals surface area contributed by atoms with Crippen LogP contribution in [-0.4, -0.2) is 36.3 Å². The maximum absolute atomic E-state index is 10.3. The molecule has 1 aromatic rings. The van der Waals surface area contributed by atoms with Gasteiger partial charge in [-0.15, -0.1) is 0 Å². The van der Waals surface area contributed by atoms with Gasteiger partial charge in [0.25, 0.3) is 0 Å². The van der Waals surface area contributed by atoms with Gasteiger partial charge in [0.05, 0.1) is 12.1 Å². The zero-order chi connectivity index (χ0) is 16.4. The molecule has 0 radical (unpaired) electrons. The van der Waals surface area contributed by atoms with Gasteiger partial charge in [-0.05, 0) is 43.9 Å². The Morgan fingerprint density at radius 2 is 1.77 bits per heavy atom. The Kier molecular flexibility index (Phi) is 8.28. The van der Waals surface area contributed by atoms with Crippen LogP contribution in [0.4, 0.5) is 0 Å². The summed E-state index contributed by atoms with van der Waals surface area (Å²) in [7, 11) is 0. The van der Waals surface area contributed by atoms with Crippen molar-refractivity contribution in [3.63, 3.8) is 0 Å². The summed E-state index contributed by atoms with van der Waals surface area (Å²) in [6.07, 6.45) is 2.31. The van der Waals surface area contributed by atoms with Crippen LogP contribution >= 0.6 is 11.6 Å². The molecule has 4 nitrogen and oxygen atoms in total. The largest absolute Gasteiger partial charge is 0.388 e. The van der Waals surface area contributed by atoms with Crippen LogP contribution in [0.1, 0.15) is 39.2 Å². The van der Waals surface area contributed by atoms with E-state index >= 15 is 0 Å². The van der Waals surface area contributed by atoms with Crippen LogP contribution in [-0.2, 0) is 6.42 Å². The summed E-state index contributed by atoms with van der Waals surface area (Å²) in [5, 5.41) is 17.6. The lowest BCUT2D eigenvalue weighted by atomic mass is 9.98. The molecule has 0 spiro atoms. The zero-order valence-electron chi connectivity index (χ0n) is 13.8. The Hall–Kier alpha value is -1.26. The molecule has 22 heavy (non-hydrogen) atoms. The Bertz CT molecular complexity index is 455. The van der Waals surface area contributed by atoms with Crippen LogP contribution in [0.15, 0.2) is 29.3 Å². The fourth-order valence-corrected chi connectivity index (χ4v) is 2.14. The smallest absolute Gasteiger partial charge is 0.191 e. The summed E-state index contributed by atoms with van der Waals surface area (Å²) in [4.78, 5) is 4.50. The van der Waals surface area contributed by atoms with E-state index in [1.807, 2.05) is 45.0 Å². The lowest BCUT2D eigenvalue weighted by molar-refractivity contribution is 0.0418. The predicted molar refractivity (Wildman–Crippen MR) is 94.7 cm³/mol. The first-order valence-corrected chi connectivity index (χ1v) is 8.39. The number of benzene rings is 1. The van der Waals surface area contributed by atoms with Crippen molar-refractivity contribution in [2.45, 2.75) is 45.6 Å². The molecule has 0 atom stereocenters. The first-order valence-electron chi connectivity index (χ1n) is 8.02. The van der Waals surface area contributed by atoms with Crippen LogP contribution in [0.3, 0.4) is 0 Å². The highest BCUT2D eigenvalue weighted by Gasteiger charge is 2.21. The van der Waals surface area contributed by atoms with Crippen LogP contribution in [0, 0.1) is 0 Å². The summed E-state index contributed by atoms with van der Waals surface area (Å²) in [6.45, 7) is 7.99. The van der Waals surface area contributed by atoms with E-state index in [0.717, 1.165) is 30.5 Å². The summed E-state index contributed by atoms with van der Waals surface area (Å²) in [5.74, 6) is 0.747. The number of hydrogen-bond acceptors (Lipinski definition) is 2. The Labute approximate surface area is 139 Å². The van der Waals surface area contributed by atoms with E-state index in [0.29, 0.717) is 19.4 Å². The lowest BCUT2D eigenvalue weighted by Gasteiger charge is -2.23. The van der Waals surface area contributed by atoms with Gasteiger partial charge in [-0.3, -0.25) is 4.99 Å². The van der Waals surface area contributed by atoms with Crippen molar-refractivity contribution in [1.82, 2.24) is 10.6 Å². The van der Waals surface area contributed by atoms with Gasteiger partial charge >= 0.3 is 0 Å². The number of guanidine groups is 1. The van der Waals surface area contributed by atoms with Crippen LogP contribution in [0.5, 0.6) is 0 Å². The number of aliphatic hydroxyl groups is 1. The maximum Gasteiger partial charge on any atom is 0.191 e. The van der Waals surface area contributed by atoms with E-state index in [4.69, 9.17) is 11.6 Å². The zero-order valence-corrected chi connectivity index (χ0v) is 14.6. The van der Waals surface area contributed by atoms with E-state index < -0.39 is 5.60 Å². The number of hydrogen-bond donors (Lipinski definition) is 3. The molecule has 1 aromatic carbocycles. The van der Waals surface area contributed by atoms with E-state index in [1.165, 1.54) is 5.56 Å². The number of rotatable bonds is 8. The normalized spacial score (nSPS) is 12.3. The molecule has 0 heterocycles. The Morgan fingerprint density at radius 1 is 1.14 bits per heavy atom. The molecule has 124 valence electrons. The van der Waals surface area contributed by atoms with Crippen molar-refractivity contribution >= 4 is 17.6 Å². The van der Waals surface area contributed by atoms with Gasteiger partial charge in [0.2, 0.25) is 0 Å². The molecule has 0 aromatic heterocycles. The van der Waals surface area contributed by atoms with Crippen LogP contribution in [0.25, 0.3) is 0 Å². The lowest BCUT2D eigenvalue weighted by Crippen LogP contribution is -2.40. The standard InChI is InChI=1S/C17H28ClN3O/c1-4-17(22,5-2)13-21-16(19-6-3)20-12-11-14-7-9-15(18)10-8-14/h7-10,22H,4-6,11-13H2,1-3H3,(H2,19,20,21). The predicted octanol–water partition coefficient (Wildman–Crippen LogP) is 2.99. The summed E-state index contributed by atoms with van der Waals surface area (Å²) in [5.41, 5.74) is 0.518. The number of nitrogens with one attached hydrogen (secondary N) is 2. The van der Waals surface area contributed by atoms with Crippen LogP contribution < -0.4 is 10.6 Å². The van der Waals surface area contributed by atoms with Crippen molar-refractivity contribution in [3.8, 4) is 0 Å². The van der Waals surface area contributed by atoms with Crippen LogP contribution in [0.2, 0.25) is 5.02 Å². The quantitative estimate of drug-likeness (QED) is 0.509. The maximum atomic E-state index is 10.3. The fourth-order valence-electron chi connectivity index (χ4n) is 2.02. The van der Waals surface area contributed by atoms with Crippen molar-refractivity contribution in [1.29, 1.82) is 0 Å². The van der Waals surface area contributed by atoms with E-state index in [1.54, 1.807) is 0 Å². The molecule has 0 bridgehead atoms. The topological polar surface area (TPSA) is 56.7 Å². The fraction of sp³-hybridized carbons (Fsp3) is 0.588. The highest BCUT2D eigenvalue weighted by atomic mass is 35.5. The van der Waals surface area contributed by atoms with Gasteiger partial charge in [0, 0.05) is 18.1 Å². The average molecular weight is 326 g/mol. The van der Waals surface area contributed by atoms with E-state index in [-0.39, 0.29) is 0 Å². The molecule has 0 aliphatic rings. The van der Waals surface area contributed by atoms with Gasteiger partial charge in [-0.2, -0.15) is 0 Å². The molecule has 3 N–H and O–H groups in total. The number of halogens is 1. The first-order chi connectivity index (χ1) is 10.5. The third kappa shape index (κ3) is 6.67. The molecule has 0 fully saturated rings. The monoisotopic (exact) mass is 325 g/mol. The second-order valence-electron chi connectivity index (χ2n) is 5.43. The molecule has 0 saturated heterocycles. The molecular formula is C17H28ClN3O. The minimum atomic E-state index is -0.710. The van der Waals surface area contributed by atoms with Crippen molar-refractivity contribution in [2.24, 2.45) is 4.99 Å². The molecular weight excluding hydrogens is 298 g/mol. The minimum Gasteiger partial charge on any atom is -0.388 e. The summed E-state index contributed by atoms with van der Waals surface area (Å²) < 4.78 is 0. The second-order valence-corrected chi connectivity index (χ2v) is 5.87. The highest BCUT2D eigenvalue weighted by Crippen LogP contribution is 2.14. The number of nitrogens with zero attached hydrogens (tertiary/aromatic N) is 1. The van der Waals surface area contributed by atoms with Crippen molar-refractivity contribution in [2.75, 3.05) is 19.6 Å². The molecule has 0 aliphatic carbocycles. The Balaban J connectivity index is 2.51. The average Bonchev–Trinajstić information content (AvgIpc) is 2.54.